The number of nitrogens with zero attached hydrogens (tertiary/aromatic N) is 2. The largest absolute Gasteiger partial charge is 0.357 e. The number of thiocarbonyl (C=S) groups is 1. The highest BCUT2D eigenvalue weighted by Crippen LogP contribution is 2.26. The molecule has 24 heavy (non-hydrogen) atoms. The van der Waals surface area contributed by atoms with E-state index in [0.29, 0.717) is 6.54 Å². The van der Waals surface area contributed by atoms with E-state index in [9.17, 15) is 0 Å². The van der Waals surface area contributed by atoms with Crippen LogP contribution < -0.4 is 10.6 Å². The maximum Gasteiger partial charge on any atom is 0.129 e. The normalized spacial score (nSPS) is 15.0. The lowest BCUT2D eigenvalue weighted by Crippen LogP contribution is -2.30. The van der Waals surface area contributed by atoms with Gasteiger partial charge >= 0.3 is 0 Å². The average Bonchev–Trinajstić information content (AvgIpc) is 2.61. The predicted molar refractivity (Wildman–Crippen MR) is 107 cm³/mol. The van der Waals surface area contributed by atoms with Crippen molar-refractivity contribution in [3.05, 3.63) is 35.4 Å². The quantitative estimate of drug-likeness (QED) is 0.800. The van der Waals surface area contributed by atoms with Crippen molar-refractivity contribution < 1.29 is 0 Å². The number of fused-ring (bicyclic) bond motifs is 1. The molecule has 2 heterocycles. The standard InChI is InChI=1S/C20H27N3S/c1-15-12-20(23-10-3-2-4-11-23)22-19-8-7-16(14-18(15)19)13-17(24)6-5-9-21/h7-8,12,14H,2-6,9-11,13,21H2,1H3. The fourth-order valence-corrected chi connectivity index (χ4v) is 3.74. The van der Waals surface area contributed by atoms with Crippen LogP contribution in [0.15, 0.2) is 24.3 Å². The molecule has 0 spiro atoms. The van der Waals surface area contributed by atoms with Crippen molar-refractivity contribution in [2.24, 2.45) is 5.73 Å². The summed E-state index contributed by atoms with van der Waals surface area (Å²) in [5, 5.41) is 1.25. The molecule has 0 saturated carbocycles. The fraction of sp³-hybridized carbons (Fsp3) is 0.500. The first-order valence-electron chi connectivity index (χ1n) is 9.04. The zero-order valence-electron chi connectivity index (χ0n) is 14.6. The van der Waals surface area contributed by atoms with Crippen LogP contribution >= 0.6 is 12.2 Å². The van der Waals surface area contributed by atoms with Gasteiger partial charge in [-0.25, -0.2) is 4.98 Å². The molecular weight excluding hydrogens is 314 g/mol. The third-order valence-corrected chi connectivity index (χ3v) is 5.16. The number of anilines is 1. The number of nitrogens with two attached hydrogens (primary N) is 1. The van der Waals surface area contributed by atoms with Gasteiger partial charge in [-0.2, -0.15) is 0 Å². The Morgan fingerprint density at radius 2 is 2.00 bits per heavy atom. The maximum atomic E-state index is 5.57. The zero-order chi connectivity index (χ0) is 16.9. The van der Waals surface area contributed by atoms with Gasteiger partial charge in [-0.15, -0.1) is 0 Å². The summed E-state index contributed by atoms with van der Waals surface area (Å²) in [7, 11) is 0. The molecule has 128 valence electrons. The van der Waals surface area contributed by atoms with E-state index in [4.69, 9.17) is 22.9 Å². The van der Waals surface area contributed by atoms with E-state index >= 15 is 0 Å². The van der Waals surface area contributed by atoms with Crippen molar-refractivity contribution in [3.8, 4) is 0 Å². The first kappa shape index (κ1) is 17.3. The summed E-state index contributed by atoms with van der Waals surface area (Å²) in [5.41, 5.74) is 9.24. The second-order valence-electron chi connectivity index (χ2n) is 6.80. The molecule has 1 saturated heterocycles. The Morgan fingerprint density at radius 1 is 1.21 bits per heavy atom. The van der Waals surface area contributed by atoms with E-state index in [1.54, 1.807) is 0 Å². The minimum atomic E-state index is 0.708. The molecule has 2 aromatic rings. The molecule has 0 unspecified atom stereocenters. The number of benzene rings is 1. The monoisotopic (exact) mass is 341 g/mol. The molecule has 1 aromatic heterocycles. The van der Waals surface area contributed by atoms with Gasteiger partial charge in [-0.05, 0) is 79.8 Å². The average molecular weight is 342 g/mol. The Labute approximate surface area is 150 Å². The smallest absolute Gasteiger partial charge is 0.129 e. The number of hydrogen-bond donors (Lipinski definition) is 1. The van der Waals surface area contributed by atoms with Gasteiger partial charge in [0.25, 0.3) is 0 Å². The highest BCUT2D eigenvalue weighted by Gasteiger charge is 2.14. The first-order valence-corrected chi connectivity index (χ1v) is 9.45. The topological polar surface area (TPSA) is 42.2 Å². The van der Waals surface area contributed by atoms with Gasteiger partial charge in [0.1, 0.15) is 5.82 Å². The molecule has 0 bridgehead atoms. The highest BCUT2D eigenvalue weighted by atomic mass is 32.1. The van der Waals surface area contributed by atoms with Crippen LogP contribution in [0.25, 0.3) is 10.9 Å². The highest BCUT2D eigenvalue weighted by molar-refractivity contribution is 7.80. The van der Waals surface area contributed by atoms with Crippen LogP contribution in [0, 0.1) is 6.92 Å². The minimum Gasteiger partial charge on any atom is -0.357 e. The summed E-state index contributed by atoms with van der Waals surface area (Å²) in [6.07, 6.45) is 6.67. The Morgan fingerprint density at radius 3 is 2.75 bits per heavy atom. The van der Waals surface area contributed by atoms with Gasteiger partial charge in [0, 0.05) is 24.9 Å². The van der Waals surface area contributed by atoms with Crippen LogP contribution in [-0.2, 0) is 6.42 Å². The van der Waals surface area contributed by atoms with Crippen LogP contribution in [0.5, 0.6) is 0 Å². The summed E-state index contributed by atoms with van der Waals surface area (Å²) >= 11 is 5.49. The lowest BCUT2D eigenvalue weighted by Gasteiger charge is -2.28. The van der Waals surface area contributed by atoms with Gasteiger partial charge in [-0.1, -0.05) is 18.3 Å². The van der Waals surface area contributed by atoms with Crippen LogP contribution in [0.3, 0.4) is 0 Å². The SMILES string of the molecule is Cc1cc(N2CCCCC2)nc2ccc(CC(=S)CCCN)cc12. The number of aryl methyl sites for hydroxylation is 1. The molecule has 4 heteroatoms. The van der Waals surface area contributed by atoms with Crippen molar-refractivity contribution in [1.82, 2.24) is 4.98 Å². The Balaban J connectivity index is 1.82. The molecule has 1 aliphatic rings. The number of aromatic nitrogens is 1. The minimum absolute atomic E-state index is 0.708. The Bertz CT molecular complexity index is 720. The summed E-state index contributed by atoms with van der Waals surface area (Å²) in [6, 6.07) is 8.82. The number of rotatable bonds is 6. The number of pyridine rings is 1. The molecular formula is C20H27N3S. The van der Waals surface area contributed by atoms with E-state index in [1.165, 1.54) is 35.8 Å². The zero-order valence-corrected chi connectivity index (χ0v) is 15.4. The van der Waals surface area contributed by atoms with Gasteiger partial charge in [0.15, 0.2) is 0 Å². The molecule has 0 amide bonds. The molecule has 3 rings (SSSR count). The molecule has 0 radical (unpaired) electrons. The van der Waals surface area contributed by atoms with Crippen molar-refractivity contribution in [2.45, 2.75) is 45.4 Å². The second-order valence-corrected chi connectivity index (χ2v) is 7.38. The predicted octanol–water partition coefficient (Wildman–Crippen LogP) is 4.18. The molecule has 1 aliphatic heterocycles. The molecule has 3 nitrogen and oxygen atoms in total. The molecule has 0 atom stereocenters. The summed E-state index contributed by atoms with van der Waals surface area (Å²) in [6.45, 7) is 5.16. The van der Waals surface area contributed by atoms with Gasteiger partial charge in [0.2, 0.25) is 0 Å². The third kappa shape index (κ3) is 4.11. The lowest BCUT2D eigenvalue weighted by molar-refractivity contribution is 0.574. The molecule has 1 fully saturated rings. The van der Waals surface area contributed by atoms with Crippen LogP contribution in [0.2, 0.25) is 0 Å². The van der Waals surface area contributed by atoms with Crippen LogP contribution in [0.4, 0.5) is 5.82 Å². The number of piperidine rings is 1. The Kier molecular flexibility index (Phi) is 5.80. The van der Waals surface area contributed by atoms with E-state index in [-0.39, 0.29) is 0 Å². The van der Waals surface area contributed by atoms with Crippen molar-refractivity contribution >= 4 is 33.8 Å². The summed E-state index contributed by atoms with van der Waals surface area (Å²) < 4.78 is 0. The van der Waals surface area contributed by atoms with Crippen LogP contribution in [-0.4, -0.2) is 29.5 Å². The Hall–Kier alpha value is -1.52. The van der Waals surface area contributed by atoms with Gasteiger partial charge in [-0.3, -0.25) is 0 Å². The van der Waals surface area contributed by atoms with Gasteiger partial charge < -0.3 is 10.6 Å². The first-order chi connectivity index (χ1) is 11.7. The third-order valence-electron chi connectivity index (χ3n) is 4.81. The van der Waals surface area contributed by atoms with E-state index < -0.39 is 0 Å². The van der Waals surface area contributed by atoms with Crippen LogP contribution in [0.1, 0.15) is 43.2 Å². The van der Waals surface area contributed by atoms with Crippen molar-refractivity contribution in [3.63, 3.8) is 0 Å². The van der Waals surface area contributed by atoms with E-state index in [2.05, 4.69) is 36.1 Å². The molecule has 2 N–H and O–H groups in total. The van der Waals surface area contributed by atoms with Crippen molar-refractivity contribution in [1.29, 1.82) is 0 Å². The van der Waals surface area contributed by atoms with E-state index in [1.807, 2.05) is 0 Å². The molecule has 1 aromatic carbocycles. The molecule has 0 aliphatic carbocycles. The second kappa shape index (κ2) is 8.04. The lowest BCUT2D eigenvalue weighted by atomic mass is 10.0. The summed E-state index contributed by atoms with van der Waals surface area (Å²) in [5.74, 6) is 1.13. The fourth-order valence-electron chi connectivity index (χ4n) is 3.43. The van der Waals surface area contributed by atoms with Crippen molar-refractivity contribution in [2.75, 3.05) is 24.5 Å². The summed E-state index contributed by atoms with van der Waals surface area (Å²) in [4.78, 5) is 8.42. The van der Waals surface area contributed by atoms with Gasteiger partial charge in [0.05, 0.1) is 5.52 Å². The maximum absolute atomic E-state index is 5.57. The van der Waals surface area contributed by atoms with E-state index in [0.717, 1.165) is 48.6 Å². The number of hydrogen-bond acceptors (Lipinski definition) is 4.